The second-order valence-electron chi connectivity index (χ2n) is 6.87. The van der Waals surface area contributed by atoms with Gasteiger partial charge in [-0.15, -0.1) is 0 Å². The number of hydrogen-bond donors (Lipinski definition) is 1. The van der Waals surface area contributed by atoms with E-state index < -0.39 is 11.7 Å². The van der Waals surface area contributed by atoms with Gasteiger partial charge in [0.1, 0.15) is 5.82 Å². The fraction of sp³-hybridized carbons (Fsp3) is 0.0833. The van der Waals surface area contributed by atoms with E-state index in [1.165, 1.54) is 10.6 Å². The summed E-state index contributed by atoms with van der Waals surface area (Å²) >= 11 is 6.35. The molecule has 4 nitrogen and oxygen atoms in total. The quantitative estimate of drug-likeness (QED) is 0.504. The molecule has 0 aliphatic heterocycles. The Morgan fingerprint density at radius 3 is 2.43 bits per heavy atom. The number of benzene rings is 3. The Kier molecular flexibility index (Phi) is 5.38. The minimum atomic E-state index is -0.410. The first kappa shape index (κ1) is 19.9. The number of carbonyl (C=O) groups is 1. The maximum Gasteiger partial charge on any atom is 0.264 e. The molecule has 4 rings (SSSR count). The van der Waals surface area contributed by atoms with Crippen molar-refractivity contribution >= 4 is 28.3 Å². The number of fused-ring (bicyclic) bond motifs is 1. The lowest BCUT2D eigenvalue weighted by atomic mass is 10.0. The van der Waals surface area contributed by atoms with Crippen molar-refractivity contribution in [3.63, 3.8) is 0 Å². The summed E-state index contributed by atoms with van der Waals surface area (Å²) in [6.45, 7) is 1.74. The van der Waals surface area contributed by atoms with Crippen LogP contribution in [-0.2, 0) is 6.54 Å². The molecule has 0 radical (unpaired) electrons. The number of halogens is 2. The molecule has 1 amide bonds. The average molecular weight is 421 g/mol. The van der Waals surface area contributed by atoms with Crippen molar-refractivity contribution < 1.29 is 9.18 Å². The van der Waals surface area contributed by atoms with Crippen LogP contribution in [0.2, 0.25) is 5.02 Å². The van der Waals surface area contributed by atoms with Crippen LogP contribution in [0, 0.1) is 12.7 Å². The summed E-state index contributed by atoms with van der Waals surface area (Å²) in [7, 11) is 0. The van der Waals surface area contributed by atoms with Crippen molar-refractivity contribution in [2.24, 2.45) is 0 Å². The monoisotopic (exact) mass is 420 g/mol. The number of pyridine rings is 1. The van der Waals surface area contributed by atoms with E-state index in [0.29, 0.717) is 27.9 Å². The van der Waals surface area contributed by atoms with Crippen LogP contribution in [0.4, 0.5) is 4.39 Å². The second kappa shape index (κ2) is 8.13. The number of nitrogens with zero attached hydrogens (tertiary/aromatic N) is 1. The molecule has 0 spiro atoms. The smallest absolute Gasteiger partial charge is 0.264 e. The van der Waals surface area contributed by atoms with Gasteiger partial charge in [0.05, 0.1) is 16.0 Å². The van der Waals surface area contributed by atoms with Gasteiger partial charge < -0.3 is 5.32 Å². The molecule has 30 heavy (non-hydrogen) atoms. The van der Waals surface area contributed by atoms with Gasteiger partial charge in [0.15, 0.2) is 0 Å². The molecule has 0 saturated carbocycles. The van der Waals surface area contributed by atoms with Gasteiger partial charge >= 0.3 is 0 Å². The fourth-order valence-electron chi connectivity index (χ4n) is 3.60. The normalized spacial score (nSPS) is 10.9. The van der Waals surface area contributed by atoms with E-state index in [2.05, 4.69) is 5.32 Å². The third kappa shape index (κ3) is 3.48. The maximum atomic E-state index is 14.0. The van der Waals surface area contributed by atoms with E-state index >= 15 is 0 Å². The van der Waals surface area contributed by atoms with Crippen LogP contribution < -0.4 is 10.9 Å². The summed E-state index contributed by atoms with van der Waals surface area (Å²) in [5.74, 6) is -0.801. The first-order chi connectivity index (χ1) is 14.5. The predicted molar refractivity (Wildman–Crippen MR) is 117 cm³/mol. The Hall–Kier alpha value is -3.44. The first-order valence-electron chi connectivity index (χ1n) is 9.40. The molecule has 0 fully saturated rings. The van der Waals surface area contributed by atoms with Crippen LogP contribution in [0.15, 0.2) is 77.6 Å². The average Bonchev–Trinajstić information content (AvgIpc) is 2.74. The van der Waals surface area contributed by atoms with Crippen molar-refractivity contribution in [3.8, 4) is 5.69 Å². The van der Waals surface area contributed by atoms with Crippen molar-refractivity contribution in [1.82, 2.24) is 9.88 Å². The van der Waals surface area contributed by atoms with E-state index in [1.807, 2.05) is 18.2 Å². The van der Waals surface area contributed by atoms with E-state index in [0.717, 1.165) is 0 Å². The molecule has 150 valence electrons. The lowest BCUT2D eigenvalue weighted by Crippen LogP contribution is -2.29. The van der Waals surface area contributed by atoms with Crippen molar-refractivity contribution in [1.29, 1.82) is 0 Å². The number of carbonyl (C=O) groups excluding carboxylic acids is 1. The lowest BCUT2D eigenvalue weighted by molar-refractivity contribution is 0.0951. The number of rotatable bonds is 4. The van der Waals surface area contributed by atoms with Gasteiger partial charge in [-0.1, -0.05) is 60.1 Å². The molecule has 1 heterocycles. The highest BCUT2D eigenvalue weighted by atomic mass is 35.5. The molecular formula is C24H18ClFN2O2. The van der Waals surface area contributed by atoms with Crippen molar-refractivity contribution in [3.05, 3.63) is 111 Å². The van der Waals surface area contributed by atoms with Gasteiger partial charge in [-0.2, -0.15) is 0 Å². The minimum absolute atomic E-state index is 0.0253. The van der Waals surface area contributed by atoms with Crippen LogP contribution in [-0.4, -0.2) is 10.5 Å². The van der Waals surface area contributed by atoms with Crippen LogP contribution in [0.3, 0.4) is 0 Å². The van der Waals surface area contributed by atoms with E-state index in [4.69, 9.17) is 11.6 Å². The number of nitrogens with one attached hydrogen (secondary N) is 1. The molecule has 6 heteroatoms. The van der Waals surface area contributed by atoms with E-state index in [1.54, 1.807) is 55.5 Å². The summed E-state index contributed by atoms with van der Waals surface area (Å²) in [5.41, 5.74) is 1.51. The molecule has 1 N–H and O–H groups in total. The Morgan fingerprint density at radius 2 is 1.70 bits per heavy atom. The first-order valence-corrected chi connectivity index (χ1v) is 9.77. The molecule has 0 saturated heterocycles. The van der Waals surface area contributed by atoms with Gasteiger partial charge in [-0.25, -0.2) is 4.39 Å². The second-order valence-corrected chi connectivity index (χ2v) is 7.28. The highest BCUT2D eigenvalue weighted by molar-refractivity contribution is 6.36. The zero-order chi connectivity index (χ0) is 21.3. The molecular weight excluding hydrogens is 403 g/mol. The van der Waals surface area contributed by atoms with E-state index in [9.17, 15) is 14.0 Å². The number of amides is 1. The van der Waals surface area contributed by atoms with Gasteiger partial charge in [-0.05, 0) is 31.2 Å². The lowest BCUT2D eigenvalue weighted by Gasteiger charge is -2.18. The molecule has 4 aromatic rings. The Bertz CT molecular complexity index is 1320. The summed E-state index contributed by atoms with van der Waals surface area (Å²) in [5, 5.41) is 3.77. The third-order valence-electron chi connectivity index (χ3n) is 5.04. The van der Waals surface area contributed by atoms with E-state index in [-0.39, 0.29) is 22.5 Å². The summed E-state index contributed by atoms with van der Waals surface area (Å²) in [4.78, 5) is 26.4. The fourth-order valence-corrected chi connectivity index (χ4v) is 3.86. The SMILES string of the molecule is Cc1c(C(=O)NCc2ccccc2F)c2cccc(Cl)c2c(=O)n1-c1ccccc1. The molecule has 1 aromatic heterocycles. The van der Waals surface area contributed by atoms with Crippen molar-refractivity contribution in [2.75, 3.05) is 0 Å². The predicted octanol–water partition coefficient (Wildman–Crippen LogP) is 5.02. The topological polar surface area (TPSA) is 51.1 Å². The number of aromatic nitrogens is 1. The summed E-state index contributed by atoms with van der Waals surface area (Å²) in [6.07, 6.45) is 0. The molecule has 0 unspecified atom stereocenters. The van der Waals surface area contributed by atoms with Crippen molar-refractivity contribution in [2.45, 2.75) is 13.5 Å². The zero-order valence-corrected chi connectivity index (χ0v) is 16.9. The molecule has 3 aromatic carbocycles. The molecule has 0 bridgehead atoms. The molecule has 0 atom stereocenters. The molecule has 0 aliphatic carbocycles. The van der Waals surface area contributed by atoms with Gasteiger partial charge in [-0.3, -0.25) is 14.2 Å². The standard InChI is InChI=1S/C24H18ClFN2O2/c1-15-21(23(29)27-14-16-8-5-6-13-20(16)26)18-11-7-12-19(25)22(18)24(30)28(15)17-9-3-2-4-10-17/h2-13H,14H2,1H3,(H,27,29). The van der Waals surface area contributed by atoms with Crippen LogP contribution in [0.25, 0.3) is 16.5 Å². The van der Waals surface area contributed by atoms with Crippen LogP contribution >= 0.6 is 11.6 Å². The summed E-state index contributed by atoms with van der Waals surface area (Å²) in [6, 6.07) is 20.3. The number of para-hydroxylation sites is 1. The Morgan fingerprint density at radius 1 is 1.00 bits per heavy atom. The third-order valence-corrected chi connectivity index (χ3v) is 5.35. The Balaban J connectivity index is 1.88. The Labute approximate surface area is 177 Å². The molecule has 0 aliphatic rings. The zero-order valence-electron chi connectivity index (χ0n) is 16.2. The summed E-state index contributed by atoms with van der Waals surface area (Å²) < 4.78 is 15.4. The number of hydrogen-bond acceptors (Lipinski definition) is 2. The highest BCUT2D eigenvalue weighted by Gasteiger charge is 2.21. The van der Waals surface area contributed by atoms with Gasteiger partial charge in [0, 0.05) is 28.9 Å². The van der Waals surface area contributed by atoms with Gasteiger partial charge in [0.25, 0.3) is 11.5 Å². The maximum absolute atomic E-state index is 14.0. The minimum Gasteiger partial charge on any atom is -0.348 e. The largest absolute Gasteiger partial charge is 0.348 e. The van der Waals surface area contributed by atoms with Gasteiger partial charge in [0.2, 0.25) is 0 Å². The highest BCUT2D eigenvalue weighted by Crippen LogP contribution is 2.27. The van der Waals surface area contributed by atoms with Crippen LogP contribution in [0.1, 0.15) is 21.6 Å². The van der Waals surface area contributed by atoms with Crippen LogP contribution in [0.5, 0.6) is 0 Å².